The number of para-hydroxylation sites is 1. The van der Waals surface area contributed by atoms with Crippen LogP contribution in [0.2, 0.25) is 0 Å². The molecule has 4 aromatic rings. The minimum absolute atomic E-state index is 0.367. The molecule has 1 atom stereocenters. The Morgan fingerprint density at radius 3 is 2.36 bits per heavy atom. The van der Waals surface area contributed by atoms with E-state index in [1.807, 2.05) is 55.5 Å². The second-order valence-electron chi connectivity index (χ2n) is 8.13. The van der Waals surface area contributed by atoms with Crippen LogP contribution in [0, 0.1) is 6.92 Å². The van der Waals surface area contributed by atoms with E-state index in [-0.39, 0.29) is 5.97 Å². The summed E-state index contributed by atoms with van der Waals surface area (Å²) in [6.45, 7) is 4.03. The van der Waals surface area contributed by atoms with Gasteiger partial charge in [-0.2, -0.15) is 4.68 Å². The number of aromatic nitrogens is 5. The lowest BCUT2D eigenvalue weighted by molar-refractivity contribution is 0.0263. The summed E-state index contributed by atoms with van der Waals surface area (Å²) in [6, 6.07) is 18.8. The summed E-state index contributed by atoms with van der Waals surface area (Å²) in [5, 5.41) is 8.72. The van der Waals surface area contributed by atoms with Gasteiger partial charge >= 0.3 is 5.97 Å². The SMILES string of the molecule is CCCCCCCC(OC(=O)c1ccccc1)c1nc(C)nc2c1nnn2-c1ccccc1. The van der Waals surface area contributed by atoms with Crippen molar-refractivity contribution < 1.29 is 9.53 Å². The van der Waals surface area contributed by atoms with Gasteiger partial charge in [0.25, 0.3) is 0 Å². The first-order valence-electron chi connectivity index (χ1n) is 11.6. The average molecular weight is 444 g/mol. The predicted molar refractivity (Wildman–Crippen MR) is 127 cm³/mol. The maximum Gasteiger partial charge on any atom is 0.338 e. The molecular formula is C26H29N5O2. The van der Waals surface area contributed by atoms with Gasteiger partial charge in [-0.3, -0.25) is 0 Å². The lowest BCUT2D eigenvalue weighted by Crippen LogP contribution is -2.15. The highest BCUT2D eigenvalue weighted by Crippen LogP contribution is 2.29. The van der Waals surface area contributed by atoms with E-state index >= 15 is 0 Å². The van der Waals surface area contributed by atoms with Gasteiger partial charge in [-0.15, -0.1) is 5.10 Å². The minimum atomic E-state index is -0.524. The highest BCUT2D eigenvalue weighted by molar-refractivity contribution is 5.89. The molecule has 7 nitrogen and oxygen atoms in total. The monoisotopic (exact) mass is 443 g/mol. The molecule has 0 aliphatic carbocycles. The standard InChI is InChI=1S/C26H29N5O2/c1-3-4-5-6-13-18-22(33-26(32)20-14-9-7-10-15-20)23-24-25(28-19(2)27-23)31(30-29-24)21-16-11-8-12-17-21/h7-12,14-17,22H,3-6,13,18H2,1-2H3. The van der Waals surface area contributed by atoms with E-state index in [0.29, 0.717) is 34.7 Å². The van der Waals surface area contributed by atoms with Gasteiger partial charge in [-0.1, -0.05) is 74.2 Å². The summed E-state index contributed by atoms with van der Waals surface area (Å²) in [4.78, 5) is 22.2. The van der Waals surface area contributed by atoms with Crippen LogP contribution in [0.15, 0.2) is 60.7 Å². The van der Waals surface area contributed by atoms with Crippen molar-refractivity contribution in [2.45, 2.75) is 58.5 Å². The number of carbonyl (C=O) groups excluding carboxylic acids is 1. The Labute approximate surface area is 193 Å². The second kappa shape index (κ2) is 10.8. The summed E-state index contributed by atoms with van der Waals surface area (Å²) < 4.78 is 7.70. The molecule has 0 saturated heterocycles. The third-order valence-electron chi connectivity index (χ3n) is 5.57. The fraction of sp³-hybridized carbons (Fsp3) is 0.346. The van der Waals surface area contributed by atoms with Gasteiger partial charge in [0.05, 0.1) is 11.3 Å². The zero-order valence-corrected chi connectivity index (χ0v) is 19.1. The third-order valence-corrected chi connectivity index (χ3v) is 5.57. The summed E-state index contributed by atoms with van der Waals surface area (Å²) in [7, 11) is 0. The molecule has 0 spiro atoms. The highest BCUT2D eigenvalue weighted by Gasteiger charge is 2.25. The molecular weight excluding hydrogens is 414 g/mol. The Morgan fingerprint density at radius 1 is 0.939 bits per heavy atom. The number of esters is 1. The molecule has 0 aliphatic rings. The van der Waals surface area contributed by atoms with E-state index in [0.717, 1.165) is 24.9 Å². The first-order chi connectivity index (χ1) is 16.2. The van der Waals surface area contributed by atoms with Crippen molar-refractivity contribution >= 4 is 17.1 Å². The zero-order chi connectivity index (χ0) is 23.0. The Morgan fingerprint density at radius 2 is 1.64 bits per heavy atom. The van der Waals surface area contributed by atoms with E-state index in [1.54, 1.807) is 16.8 Å². The summed E-state index contributed by atoms with van der Waals surface area (Å²) in [6.07, 6.45) is 5.72. The molecule has 0 fully saturated rings. The first kappa shape index (κ1) is 22.6. The van der Waals surface area contributed by atoms with Crippen molar-refractivity contribution in [2.75, 3.05) is 0 Å². The van der Waals surface area contributed by atoms with Crippen molar-refractivity contribution in [3.63, 3.8) is 0 Å². The molecule has 2 aromatic carbocycles. The van der Waals surface area contributed by atoms with E-state index < -0.39 is 6.10 Å². The molecule has 33 heavy (non-hydrogen) atoms. The van der Waals surface area contributed by atoms with Crippen molar-refractivity contribution in [1.29, 1.82) is 0 Å². The highest BCUT2D eigenvalue weighted by atomic mass is 16.5. The Kier molecular flexibility index (Phi) is 7.40. The van der Waals surface area contributed by atoms with Gasteiger partial charge in [0, 0.05) is 0 Å². The van der Waals surface area contributed by atoms with Crippen molar-refractivity contribution in [3.8, 4) is 5.69 Å². The van der Waals surface area contributed by atoms with Crippen molar-refractivity contribution in [2.24, 2.45) is 0 Å². The van der Waals surface area contributed by atoms with Crippen LogP contribution in [0.1, 0.15) is 73.4 Å². The number of hydrogen-bond donors (Lipinski definition) is 0. The molecule has 0 radical (unpaired) electrons. The lowest BCUT2D eigenvalue weighted by atomic mass is 10.0. The molecule has 0 N–H and O–H groups in total. The number of benzene rings is 2. The maximum absolute atomic E-state index is 12.9. The summed E-state index contributed by atoms with van der Waals surface area (Å²) in [5.74, 6) is 0.220. The number of carbonyl (C=O) groups is 1. The van der Waals surface area contributed by atoms with Crippen molar-refractivity contribution in [3.05, 3.63) is 77.7 Å². The van der Waals surface area contributed by atoms with Crippen LogP contribution in [-0.2, 0) is 4.74 Å². The van der Waals surface area contributed by atoms with E-state index in [9.17, 15) is 4.79 Å². The van der Waals surface area contributed by atoms with Crippen LogP contribution >= 0.6 is 0 Å². The number of aryl methyl sites for hydroxylation is 1. The molecule has 170 valence electrons. The number of hydrogen-bond acceptors (Lipinski definition) is 6. The summed E-state index contributed by atoms with van der Waals surface area (Å²) >= 11 is 0. The van der Waals surface area contributed by atoms with Crippen LogP contribution in [0.25, 0.3) is 16.9 Å². The number of fused-ring (bicyclic) bond motifs is 1. The smallest absolute Gasteiger partial charge is 0.338 e. The van der Waals surface area contributed by atoms with Gasteiger partial charge in [-0.05, 0) is 44.0 Å². The number of nitrogens with zero attached hydrogens (tertiary/aromatic N) is 5. The lowest BCUT2D eigenvalue weighted by Gasteiger charge is -2.18. The van der Waals surface area contributed by atoms with Gasteiger partial charge in [0.2, 0.25) is 0 Å². The van der Waals surface area contributed by atoms with Crippen LogP contribution in [-0.4, -0.2) is 30.9 Å². The largest absolute Gasteiger partial charge is 0.452 e. The van der Waals surface area contributed by atoms with Crippen LogP contribution < -0.4 is 0 Å². The molecule has 2 aromatic heterocycles. The average Bonchev–Trinajstić information content (AvgIpc) is 3.27. The quantitative estimate of drug-likeness (QED) is 0.228. The van der Waals surface area contributed by atoms with E-state index in [2.05, 4.69) is 27.2 Å². The normalized spacial score (nSPS) is 12.1. The minimum Gasteiger partial charge on any atom is -0.452 e. The van der Waals surface area contributed by atoms with Crippen molar-refractivity contribution in [1.82, 2.24) is 25.0 Å². The Bertz CT molecular complexity index is 1190. The molecule has 4 rings (SSSR count). The molecule has 0 saturated carbocycles. The first-order valence-corrected chi connectivity index (χ1v) is 11.6. The van der Waals surface area contributed by atoms with Crippen LogP contribution in [0.3, 0.4) is 0 Å². The number of rotatable bonds is 10. The van der Waals surface area contributed by atoms with Gasteiger partial charge in [0.1, 0.15) is 17.6 Å². The molecule has 0 bridgehead atoms. The second-order valence-corrected chi connectivity index (χ2v) is 8.13. The van der Waals surface area contributed by atoms with E-state index in [4.69, 9.17) is 4.74 Å². The molecule has 0 aliphatic heterocycles. The zero-order valence-electron chi connectivity index (χ0n) is 19.1. The number of unbranched alkanes of at least 4 members (excludes halogenated alkanes) is 4. The Hall–Kier alpha value is -3.61. The Balaban J connectivity index is 1.68. The van der Waals surface area contributed by atoms with Crippen LogP contribution in [0.4, 0.5) is 0 Å². The third kappa shape index (κ3) is 5.42. The molecule has 1 unspecified atom stereocenters. The van der Waals surface area contributed by atoms with Gasteiger partial charge < -0.3 is 4.74 Å². The predicted octanol–water partition coefficient (Wildman–Crippen LogP) is 5.78. The topological polar surface area (TPSA) is 82.8 Å². The summed E-state index contributed by atoms with van der Waals surface area (Å²) in [5.41, 5.74) is 3.16. The van der Waals surface area contributed by atoms with Gasteiger partial charge in [-0.25, -0.2) is 14.8 Å². The molecule has 2 heterocycles. The fourth-order valence-corrected chi connectivity index (χ4v) is 3.87. The number of ether oxygens (including phenoxy) is 1. The van der Waals surface area contributed by atoms with Crippen LogP contribution in [0.5, 0.6) is 0 Å². The van der Waals surface area contributed by atoms with Gasteiger partial charge in [0.15, 0.2) is 11.2 Å². The molecule has 7 heteroatoms. The van der Waals surface area contributed by atoms with E-state index in [1.165, 1.54) is 12.8 Å². The maximum atomic E-state index is 12.9. The fourth-order valence-electron chi connectivity index (χ4n) is 3.87. The molecule has 0 amide bonds.